The van der Waals surface area contributed by atoms with Crippen LogP contribution >= 0.6 is 0 Å². The normalized spacial score (nSPS) is 18.8. The Morgan fingerprint density at radius 1 is 1.00 bits per heavy atom. The molecule has 140 valence electrons. The molecule has 1 heterocycles. The number of hydrogen-bond acceptors (Lipinski definition) is 4. The smallest absolute Gasteiger partial charge is 0.340 e. The van der Waals surface area contributed by atoms with E-state index >= 15 is 0 Å². The number of esters is 1. The van der Waals surface area contributed by atoms with E-state index in [1.165, 1.54) is 4.90 Å². The Kier molecular flexibility index (Phi) is 4.51. The van der Waals surface area contributed by atoms with E-state index in [1.807, 2.05) is 0 Å². The number of fused-ring (bicyclic) bond motifs is 1. The number of rotatable bonds is 3. The molecule has 1 unspecified atom stereocenters. The van der Waals surface area contributed by atoms with Crippen molar-refractivity contribution in [2.45, 2.75) is 31.9 Å². The van der Waals surface area contributed by atoms with Crippen molar-refractivity contribution in [1.82, 2.24) is 5.32 Å². The van der Waals surface area contributed by atoms with Crippen molar-refractivity contribution in [3.8, 4) is 0 Å². The lowest BCUT2D eigenvalue weighted by Gasteiger charge is -2.31. The summed E-state index contributed by atoms with van der Waals surface area (Å²) in [5, 5.41) is 2.79. The van der Waals surface area contributed by atoms with Crippen LogP contribution in [0.4, 0.5) is 5.69 Å². The van der Waals surface area contributed by atoms with E-state index in [-0.39, 0.29) is 5.56 Å². The number of para-hydroxylation sites is 1. The Morgan fingerprint density at radius 2 is 1.59 bits per heavy atom. The zero-order valence-electron chi connectivity index (χ0n) is 15.8. The molecule has 2 aromatic rings. The average Bonchev–Trinajstić information content (AvgIpc) is 2.84. The molecular weight excluding hydrogens is 344 g/mol. The first-order valence-electron chi connectivity index (χ1n) is 8.65. The van der Waals surface area contributed by atoms with Crippen LogP contribution in [0, 0.1) is 0 Å². The van der Waals surface area contributed by atoms with Gasteiger partial charge < -0.3 is 15.0 Å². The standard InChI is InChI=1S/C21H22N2O4/c1-20(2,3)22-18(25)21(27-17(24)14-10-6-5-7-11-14)15-12-8-9-13-16(15)23(4)19(21)26/h5-13H,1-4H3,(H,22,25). The number of benzene rings is 2. The molecule has 2 amide bonds. The van der Waals surface area contributed by atoms with E-state index in [2.05, 4.69) is 5.32 Å². The third-order valence-corrected chi connectivity index (χ3v) is 4.31. The van der Waals surface area contributed by atoms with Gasteiger partial charge in [-0.3, -0.25) is 9.59 Å². The molecule has 0 saturated carbocycles. The van der Waals surface area contributed by atoms with Gasteiger partial charge in [0.05, 0.1) is 11.3 Å². The van der Waals surface area contributed by atoms with Gasteiger partial charge in [-0.1, -0.05) is 36.4 Å². The van der Waals surface area contributed by atoms with Crippen LogP contribution in [0.1, 0.15) is 36.7 Å². The fourth-order valence-corrected chi connectivity index (χ4v) is 3.09. The highest BCUT2D eigenvalue weighted by Crippen LogP contribution is 2.43. The summed E-state index contributed by atoms with van der Waals surface area (Å²) in [6, 6.07) is 15.1. The number of nitrogens with one attached hydrogen (secondary N) is 1. The number of ether oxygens (including phenoxy) is 1. The molecule has 0 bridgehead atoms. The summed E-state index contributed by atoms with van der Waals surface area (Å²) in [5.74, 6) is -2.01. The molecule has 1 N–H and O–H groups in total. The van der Waals surface area contributed by atoms with Crippen LogP contribution < -0.4 is 10.2 Å². The molecule has 1 aliphatic heterocycles. The lowest BCUT2D eigenvalue weighted by molar-refractivity contribution is -0.153. The lowest BCUT2D eigenvalue weighted by Crippen LogP contribution is -2.57. The van der Waals surface area contributed by atoms with Crippen molar-refractivity contribution in [3.63, 3.8) is 0 Å². The zero-order valence-corrected chi connectivity index (χ0v) is 15.8. The van der Waals surface area contributed by atoms with E-state index in [0.717, 1.165) is 0 Å². The van der Waals surface area contributed by atoms with Crippen molar-refractivity contribution in [3.05, 3.63) is 65.7 Å². The SMILES string of the molecule is CN1C(=O)C(OC(=O)c2ccccc2)(C(=O)NC(C)(C)C)c2ccccc21. The van der Waals surface area contributed by atoms with Crippen LogP contribution in [0.2, 0.25) is 0 Å². The molecule has 0 saturated heterocycles. The highest BCUT2D eigenvalue weighted by molar-refractivity contribution is 6.21. The Morgan fingerprint density at radius 3 is 2.22 bits per heavy atom. The van der Waals surface area contributed by atoms with Crippen LogP contribution in [0.3, 0.4) is 0 Å². The van der Waals surface area contributed by atoms with Crippen LogP contribution in [0.15, 0.2) is 54.6 Å². The number of likely N-dealkylation sites (N-methyl/N-ethyl adjacent to an activating group) is 1. The quantitative estimate of drug-likeness (QED) is 0.669. The first-order chi connectivity index (χ1) is 12.7. The number of nitrogens with zero attached hydrogens (tertiary/aromatic N) is 1. The monoisotopic (exact) mass is 366 g/mol. The number of anilines is 1. The summed E-state index contributed by atoms with van der Waals surface area (Å²) in [5.41, 5.74) is -1.53. The van der Waals surface area contributed by atoms with Gasteiger partial charge in [-0.2, -0.15) is 0 Å². The van der Waals surface area contributed by atoms with Crippen LogP contribution in [-0.2, 0) is 19.9 Å². The minimum Gasteiger partial charge on any atom is -0.430 e. The maximum atomic E-state index is 13.2. The molecule has 1 aliphatic rings. The molecule has 1 atom stereocenters. The van der Waals surface area contributed by atoms with E-state index in [1.54, 1.807) is 82.4 Å². The number of carbonyl (C=O) groups excluding carboxylic acids is 3. The zero-order chi connectivity index (χ0) is 19.8. The molecule has 0 aromatic heterocycles. The molecule has 0 spiro atoms. The van der Waals surface area contributed by atoms with Gasteiger partial charge in [-0.25, -0.2) is 4.79 Å². The van der Waals surface area contributed by atoms with Gasteiger partial charge in [0.2, 0.25) is 0 Å². The fraction of sp³-hybridized carbons (Fsp3) is 0.286. The predicted molar refractivity (Wildman–Crippen MR) is 101 cm³/mol. The van der Waals surface area contributed by atoms with Gasteiger partial charge in [0.25, 0.3) is 17.4 Å². The van der Waals surface area contributed by atoms with Crippen LogP contribution in [0.5, 0.6) is 0 Å². The summed E-state index contributed by atoms with van der Waals surface area (Å²) in [4.78, 5) is 40.5. The van der Waals surface area contributed by atoms with E-state index in [4.69, 9.17) is 4.74 Å². The minimum absolute atomic E-state index is 0.264. The van der Waals surface area contributed by atoms with Crippen LogP contribution in [0.25, 0.3) is 0 Å². The van der Waals surface area contributed by atoms with Crippen LogP contribution in [-0.4, -0.2) is 30.4 Å². The second kappa shape index (κ2) is 6.54. The van der Waals surface area contributed by atoms with Gasteiger partial charge in [-0.15, -0.1) is 0 Å². The van der Waals surface area contributed by atoms with Gasteiger partial charge >= 0.3 is 5.97 Å². The molecule has 0 radical (unpaired) electrons. The number of hydrogen-bond donors (Lipinski definition) is 1. The minimum atomic E-state index is -2.06. The molecule has 3 rings (SSSR count). The first kappa shape index (κ1) is 18.6. The van der Waals surface area contributed by atoms with Gasteiger partial charge in [-0.05, 0) is 39.0 Å². The topological polar surface area (TPSA) is 75.7 Å². The summed E-state index contributed by atoms with van der Waals surface area (Å²) in [6.45, 7) is 5.39. The molecule has 0 aliphatic carbocycles. The van der Waals surface area contributed by atoms with Gasteiger partial charge in [0.1, 0.15) is 0 Å². The average molecular weight is 366 g/mol. The van der Waals surface area contributed by atoms with Gasteiger partial charge in [0.15, 0.2) is 0 Å². The van der Waals surface area contributed by atoms with Crippen molar-refractivity contribution < 1.29 is 19.1 Å². The third-order valence-electron chi connectivity index (χ3n) is 4.31. The molecule has 27 heavy (non-hydrogen) atoms. The first-order valence-corrected chi connectivity index (χ1v) is 8.65. The summed E-state index contributed by atoms with van der Waals surface area (Å²) < 4.78 is 5.66. The molecule has 6 heteroatoms. The van der Waals surface area contributed by atoms with E-state index in [9.17, 15) is 14.4 Å². The van der Waals surface area contributed by atoms with Crippen molar-refractivity contribution in [2.75, 3.05) is 11.9 Å². The van der Waals surface area contributed by atoms with Crippen molar-refractivity contribution in [1.29, 1.82) is 0 Å². The molecular formula is C21H22N2O4. The summed E-state index contributed by atoms with van der Waals surface area (Å²) >= 11 is 0. The predicted octanol–water partition coefficient (Wildman–Crippen LogP) is 2.63. The number of carbonyl (C=O) groups is 3. The summed E-state index contributed by atoms with van der Waals surface area (Å²) in [7, 11) is 1.56. The van der Waals surface area contributed by atoms with Crippen molar-refractivity contribution in [2.24, 2.45) is 0 Å². The fourth-order valence-electron chi connectivity index (χ4n) is 3.09. The van der Waals surface area contributed by atoms with E-state index < -0.39 is 28.9 Å². The third kappa shape index (κ3) is 3.18. The maximum absolute atomic E-state index is 13.2. The second-order valence-corrected chi connectivity index (χ2v) is 7.52. The van der Waals surface area contributed by atoms with Crippen molar-refractivity contribution >= 4 is 23.5 Å². The molecule has 2 aromatic carbocycles. The Bertz CT molecular complexity index is 902. The highest BCUT2D eigenvalue weighted by atomic mass is 16.6. The van der Waals surface area contributed by atoms with E-state index in [0.29, 0.717) is 11.3 Å². The molecule has 6 nitrogen and oxygen atoms in total. The molecule has 0 fully saturated rings. The summed E-state index contributed by atoms with van der Waals surface area (Å²) in [6.07, 6.45) is 0. The maximum Gasteiger partial charge on any atom is 0.340 e. The highest BCUT2D eigenvalue weighted by Gasteiger charge is 2.59. The Labute approximate surface area is 158 Å². The lowest BCUT2D eigenvalue weighted by atomic mass is 9.92. The Hall–Kier alpha value is -3.15. The number of amides is 2. The largest absolute Gasteiger partial charge is 0.430 e. The van der Waals surface area contributed by atoms with Gasteiger partial charge in [0, 0.05) is 18.2 Å². The Balaban J connectivity index is 2.12. The second-order valence-electron chi connectivity index (χ2n) is 7.52.